The summed E-state index contributed by atoms with van der Waals surface area (Å²) >= 11 is 3.10. The molecule has 0 saturated heterocycles. The second kappa shape index (κ2) is 6.85. The Morgan fingerprint density at radius 2 is 2.15 bits per heavy atom. The van der Waals surface area contributed by atoms with E-state index >= 15 is 0 Å². The molecule has 1 amide bonds. The molecule has 106 valence electrons. The monoisotopic (exact) mass is 307 g/mol. The van der Waals surface area contributed by atoms with E-state index in [9.17, 15) is 4.79 Å². The third-order valence-corrected chi connectivity index (χ3v) is 5.08. The molecule has 1 heterocycles. The van der Waals surface area contributed by atoms with Gasteiger partial charge >= 0.3 is 0 Å². The van der Waals surface area contributed by atoms with Gasteiger partial charge in [0.2, 0.25) is 5.13 Å². The van der Waals surface area contributed by atoms with Gasteiger partial charge in [-0.25, -0.2) is 0 Å². The summed E-state index contributed by atoms with van der Waals surface area (Å²) in [5.41, 5.74) is 1.61. The molecular weight excluding hydrogens is 290 g/mol. The summed E-state index contributed by atoms with van der Waals surface area (Å²) < 4.78 is 0.888. The van der Waals surface area contributed by atoms with E-state index in [4.69, 9.17) is 0 Å². The van der Waals surface area contributed by atoms with Crippen LogP contribution in [0.1, 0.15) is 36.2 Å². The van der Waals surface area contributed by atoms with E-state index in [1.807, 2.05) is 25.1 Å². The molecule has 0 saturated carbocycles. The van der Waals surface area contributed by atoms with Crippen LogP contribution in [0.4, 0.5) is 5.13 Å². The fourth-order valence-corrected chi connectivity index (χ4v) is 3.55. The number of anilines is 1. The van der Waals surface area contributed by atoms with E-state index in [2.05, 4.69) is 29.4 Å². The van der Waals surface area contributed by atoms with Crippen molar-refractivity contribution >= 4 is 34.1 Å². The number of carbonyl (C=O) groups is 1. The van der Waals surface area contributed by atoms with Gasteiger partial charge in [-0.2, -0.15) is 0 Å². The second-order valence-corrected chi connectivity index (χ2v) is 7.14. The minimum atomic E-state index is -0.140. The number of hydrogen-bond acceptors (Lipinski definition) is 5. The Bertz CT molecular complexity index is 598. The molecule has 1 aromatic heterocycles. The van der Waals surface area contributed by atoms with Gasteiger partial charge < -0.3 is 0 Å². The number of amides is 1. The minimum absolute atomic E-state index is 0.140. The largest absolute Gasteiger partial charge is 0.296 e. The van der Waals surface area contributed by atoms with E-state index < -0.39 is 0 Å². The quantitative estimate of drug-likeness (QED) is 0.670. The lowest BCUT2D eigenvalue weighted by atomic mass is 10.1. The average molecular weight is 307 g/mol. The summed E-state index contributed by atoms with van der Waals surface area (Å²) in [5.74, 6) is -0.140. The highest BCUT2D eigenvalue weighted by molar-refractivity contribution is 8.01. The number of carbonyl (C=O) groups excluding carboxylic acids is 1. The van der Waals surface area contributed by atoms with Gasteiger partial charge in [0.05, 0.1) is 0 Å². The first kappa shape index (κ1) is 15.0. The fraction of sp³-hybridized carbons (Fsp3) is 0.357. The number of aromatic nitrogens is 2. The van der Waals surface area contributed by atoms with Crippen molar-refractivity contribution in [3.8, 4) is 0 Å². The lowest BCUT2D eigenvalue weighted by molar-refractivity contribution is 0.102. The average Bonchev–Trinajstić information content (AvgIpc) is 2.86. The van der Waals surface area contributed by atoms with Crippen molar-refractivity contribution in [2.45, 2.75) is 36.8 Å². The van der Waals surface area contributed by atoms with Crippen LogP contribution >= 0.6 is 23.1 Å². The molecule has 4 nitrogen and oxygen atoms in total. The Balaban J connectivity index is 2.04. The first-order chi connectivity index (χ1) is 9.60. The zero-order valence-electron chi connectivity index (χ0n) is 11.7. The van der Waals surface area contributed by atoms with Gasteiger partial charge in [-0.3, -0.25) is 10.1 Å². The molecule has 0 aliphatic rings. The smallest absolute Gasteiger partial charge is 0.257 e. The molecule has 2 rings (SSSR count). The second-order valence-electron chi connectivity index (χ2n) is 4.48. The van der Waals surface area contributed by atoms with Crippen molar-refractivity contribution in [2.75, 3.05) is 5.32 Å². The molecule has 1 unspecified atom stereocenters. The minimum Gasteiger partial charge on any atom is -0.296 e. The van der Waals surface area contributed by atoms with Gasteiger partial charge in [0.15, 0.2) is 4.34 Å². The SMILES string of the molecule is CCC(C)Sc1nnc(NC(=O)c2ccccc2C)s1. The zero-order chi connectivity index (χ0) is 14.5. The molecule has 20 heavy (non-hydrogen) atoms. The first-order valence-corrected chi connectivity index (χ1v) is 8.17. The van der Waals surface area contributed by atoms with Crippen LogP contribution in [0.15, 0.2) is 28.6 Å². The summed E-state index contributed by atoms with van der Waals surface area (Å²) in [7, 11) is 0. The third-order valence-electron chi connectivity index (χ3n) is 2.89. The Labute approximate surface area is 127 Å². The molecule has 0 aliphatic heterocycles. The van der Waals surface area contributed by atoms with Crippen molar-refractivity contribution in [2.24, 2.45) is 0 Å². The topological polar surface area (TPSA) is 54.9 Å². The number of benzene rings is 1. The van der Waals surface area contributed by atoms with Gasteiger partial charge in [-0.15, -0.1) is 10.2 Å². The maximum Gasteiger partial charge on any atom is 0.257 e. The summed E-state index contributed by atoms with van der Waals surface area (Å²) in [6.07, 6.45) is 1.08. The summed E-state index contributed by atoms with van der Waals surface area (Å²) in [4.78, 5) is 12.1. The molecule has 6 heteroatoms. The van der Waals surface area contributed by atoms with E-state index in [0.717, 1.165) is 16.3 Å². The summed E-state index contributed by atoms with van der Waals surface area (Å²) in [5, 5.41) is 12.0. The highest BCUT2D eigenvalue weighted by atomic mass is 32.2. The number of thioether (sulfide) groups is 1. The molecule has 0 radical (unpaired) electrons. The number of aryl methyl sites for hydroxylation is 1. The van der Waals surface area contributed by atoms with Crippen LogP contribution in [0.25, 0.3) is 0 Å². The predicted octanol–water partition coefficient (Wildman–Crippen LogP) is 3.99. The molecule has 0 fully saturated rings. The van der Waals surface area contributed by atoms with Crippen molar-refractivity contribution in [3.05, 3.63) is 35.4 Å². The van der Waals surface area contributed by atoms with Crippen molar-refractivity contribution < 1.29 is 4.79 Å². The van der Waals surface area contributed by atoms with Crippen molar-refractivity contribution in [1.29, 1.82) is 0 Å². The molecule has 1 N–H and O–H groups in total. The fourth-order valence-electron chi connectivity index (χ4n) is 1.56. The van der Waals surface area contributed by atoms with Crippen molar-refractivity contribution in [1.82, 2.24) is 10.2 Å². The standard InChI is InChI=1S/C14H17N3OS2/c1-4-10(3)19-14-17-16-13(20-14)15-12(18)11-8-6-5-7-9(11)2/h5-8,10H,4H2,1-3H3,(H,15,16,18). The van der Waals surface area contributed by atoms with E-state index in [-0.39, 0.29) is 5.91 Å². The van der Waals surface area contributed by atoms with Crippen LogP contribution in [0.2, 0.25) is 0 Å². The van der Waals surface area contributed by atoms with Gasteiger partial charge in [-0.1, -0.05) is 55.1 Å². The summed E-state index contributed by atoms with van der Waals surface area (Å²) in [6, 6.07) is 7.49. The van der Waals surface area contributed by atoms with Gasteiger partial charge in [0.25, 0.3) is 5.91 Å². The molecule has 0 bridgehead atoms. The lowest BCUT2D eigenvalue weighted by Crippen LogP contribution is -2.12. The zero-order valence-corrected chi connectivity index (χ0v) is 13.3. The molecule has 2 aromatic rings. The van der Waals surface area contributed by atoms with E-state index in [0.29, 0.717) is 15.9 Å². The van der Waals surface area contributed by atoms with Crippen LogP contribution in [-0.2, 0) is 0 Å². The Morgan fingerprint density at radius 3 is 2.85 bits per heavy atom. The Morgan fingerprint density at radius 1 is 1.40 bits per heavy atom. The predicted molar refractivity (Wildman–Crippen MR) is 84.7 cm³/mol. The van der Waals surface area contributed by atoms with Crippen LogP contribution in [0, 0.1) is 6.92 Å². The van der Waals surface area contributed by atoms with Crippen LogP contribution in [-0.4, -0.2) is 21.4 Å². The van der Waals surface area contributed by atoms with Crippen molar-refractivity contribution in [3.63, 3.8) is 0 Å². The number of nitrogens with zero attached hydrogens (tertiary/aromatic N) is 2. The van der Waals surface area contributed by atoms with E-state index in [1.165, 1.54) is 11.3 Å². The molecule has 0 spiro atoms. The molecule has 0 aliphatic carbocycles. The van der Waals surface area contributed by atoms with Gasteiger partial charge in [-0.05, 0) is 25.0 Å². The normalized spacial score (nSPS) is 12.2. The maximum absolute atomic E-state index is 12.1. The third kappa shape index (κ3) is 3.80. The Hall–Kier alpha value is -1.40. The first-order valence-electron chi connectivity index (χ1n) is 6.47. The van der Waals surface area contributed by atoms with Crippen LogP contribution in [0.3, 0.4) is 0 Å². The molecule has 1 aromatic carbocycles. The highest BCUT2D eigenvalue weighted by Crippen LogP contribution is 2.30. The number of nitrogens with one attached hydrogen (secondary N) is 1. The van der Waals surface area contributed by atoms with Gasteiger partial charge in [0, 0.05) is 10.8 Å². The maximum atomic E-state index is 12.1. The number of rotatable bonds is 5. The Kier molecular flexibility index (Phi) is 5.14. The number of hydrogen-bond donors (Lipinski definition) is 1. The highest BCUT2D eigenvalue weighted by Gasteiger charge is 2.13. The van der Waals surface area contributed by atoms with Crippen LogP contribution in [0.5, 0.6) is 0 Å². The molecule has 1 atom stereocenters. The lowest BCUT2D eigenvalue weighted by Gasteiger charge is -2.04. The van der Waals surface area contributed by atoms with E-state index in [1.54, 1.807) is 17.8 Å². The molecular formula is C14H17N3OS2. The van der Waals surface area contributed by atoms with Crippen LogP contribution < -0.4 is 5.32 Å². The van der Waals surface area contributed by atoms with Gasteiger partial charge in [0.1, 0.15) is 0 Å². The summed E-state index contributed by atoms with van der Waals surface area (Å²) in [6.45, 7) is 6.20.